The molecular formula is C43H71Cl2I2N5O. The van der Waals surface area contributed by atoms with Crippen molar-refractivity contribution in [1.29, 1.82) is 0 Å². The minimum atomic E-state index is 0. The van der Waals surface area contributed by atoms with Gasteiger partial charge in [0.1, 0.15) is 0 Å². The molecule has 4 aliphatic heterocycles. The fourth-order valence-corrected chi connectivity index (χ4v) is 8.62. The van der Waals surface area contributed by atoms with Gasteiger partial charge in [0.2, 0.25) is 0 Å². The minimum Gasteiger partial charge on any atom is -0.395 e. The Kier molecular flexibility index (Phi) is 23.7. The summed E-state index contributed by atoms with van der Waals surface area (Å²) in [6.45, 7) is 10.6. The number of hydrogen-bond donors (Lipinski definition) is 1. The first-order chi connectivity index (χ1) is 24.6. The summed E-state index contributed by atoms with van der Waals surface area (Å²) in [5, 5.41) is 10.1. The number of fused-ring (bicyclic) bond motifs is 2. The lowest BCUT2D eigenvalue weighted by Gasteiger charge is -2.20. The number of aryl methyl sites for hydroxylation is 2. The molecule has 1 aliphatic carbocycles. The van der Waals surface area contributed by atoms with Gasteiger partial charge in [-0.15, -0.1) is 71.2 Å². The van der Waals surface area contributed by atoms with E-state index in [2.05, 4.69) is 127 Å². The number of allylic oxidation sites excluding steroid dienone is 1. The molecule has 302 valence electrons. The van der Waals surface area contributed by atoms with Gasteiger partial charge in [0, 0.05) is 55.6 Å². The molecule has 0 bridgehead atoms. The zero-order valence-electron chi connectivity index (χ0n) is 33.4. The lowest BCUT2D eigenvalue weighted by molar-refractivity contribution is 0.182. The van der Waals surface area contributed by atoms with Crippen LogP contribution in [0.3, 0.4) is 0 Å². The van der Waals surface area contributed by atoms with Crippen molar-refractivity contribution in [2.45, 2.75) is 102 Å². The minimum absolute atomic E-state index is 0. The Morgan fingerprint density at radius 1 is 0.660 bits per heavy atom. The second-order valence-corrected chi connectivity index (χ2v) is 16.1. The van der Waals surface area contributed by atoms with Gasteiger partial charge in [-0.25, -0.2) is 0 Å². The lowest BCUT2D eigenvalue weighted by Crippen LogP contribution is -2.28. The summed E-state index contributed by atoms with van der Waals surface area (Å²) in [4.78, 5) is 9.35. The second-order valence-electron chi connectivity index (χ2n) is 15.4. The van der Waals surface area contributed by atoms with E-state index < -0.39 is 0 Å². The number of nitrogens with zero attached hydrogens (tertiary/aromatic N) is 5. The van der Waals surface area contributed by atoms with Gasteiger partial charge in [-0.2, -0.15) is 0 Å². The standard InChI is InChI=1S/C15H20N2.C10H10.2C6H12ClN.C6H13NO.2HI.H2/c1-12-5-6-15-13(10-12)7-9-17(15)11-14-4-3-8-16(14)2;1-8-5-6-9-3-2-4-10(9)7-8;2*1-8-4-2-3-6(8)5-7;1-7-4-2-3-6(7)5-8;;;/h5-7,9-10,14H,3-4,8,11H2,1-2H3;2,4-7H,3H2,1H3;2*6H,2-5H2,1H3;6,8H,2-5H2,1H3;3*1H. The Balaban J connectivity index is 0.000000347. The van der Waals surface area contributed by atoms with Crippen LogP contribution >= 0.6 is 71.2 Å². The number of rotatable bonds is 5. The van der Waals surface area contributed by atoms with E-state index in [1.807, 2.05) is 0 Å². The first-order valence-corrected chi connectivity index (χ1v) is 20.6. The number of aliphatic hydroxyl groups is 1. The van der Waals surface area contributed by atoms with Gasteiger partial charge >= 0.3 is 0 Å². The molecule has 8 rings (SSSR count). The van der Waals surface area contributed by atoms with Crippen LogP contribution < -0.4 is 0 Å². The summed E-state index contributed by atoms with van der Waals surface area (Å²) in [6.07, 6.45) is 18.1. The molecule has 5 aliphatic rings. The molecule has 10 heteroatoms. The van der Waals surface area contributed by atoms with E-state index in [1.54, 1.807) is 0 Å². The molecule has 0 saturated carbocycles. The third-order valence-electron chi connectivity index (χ3n) is 11.5. The fourth-order valence-electron chi connectivity index (χ4n) is 7.84. The maximum Gasteiger partial charge on any atom is 0.0586 e. The van der Waals surface area contributed by atoms with Crippen LogP contribution in [0.5, 0.6) is 0 Å². The Labute approximate surface area is 368 Å². The van der Waals surface area contributed by atoms with Crippen LogP contribution in [0.25, 0.3) is 17.0 Å². The Hall–Kier alpha value is -0.440. The molecule has 5 heterocycles. The predicted octanol–water partition coefficient (Wildman–Crippen LogP) is 9.80. The first-order valence-electron chi connectivity index (χ1n) is 19.5. The molecule has 4 atom stereocenters. The van der Waals surface area contributed by atoms with Gasteiger partial charge in [-0.3, -0.25) is 0 Å². The Morgan fingerprint density at radius 3 is 1.60 bits per heavy atom. The summed E-state index contributed by atoms with van der Waals surface area (Å²) in [6, 6.07) is 18.1. The third-order valence-corrected chi connectivity index (χ3v) is 12.2. The highest BCUT2D eigenvalue weighted by atomic mass is 127. The molecular weight excluding hydrogens is 927 g/mol. The molecule has 0 spiro atoms. The van der Waals surface area contributed by atoms with Crippen LogP contribution in [0.4, 0.5) is 0 Å². The van der Waals surface area contributed by atoms with Crippen molar-refractivity contribution < 1.29 is 6.53 Å². The summed E-state index contributed by atoms with van der Waals surface area (Å²) in [5.41, 5.74) is 6.93. The van der Waals surface area contributed by atoms with Crippen molar-refractivity contribution >= 4 is 88.1 Å². The van der Waals surface area contributed by atoms with E-state index in [1.165, 1.54) is 104 Å². The number of likely N-dealkylation sites (N-methyl/N-ethyl adjacent to an activating group) is 2. The summed E-state index contributed by atoms with van der Waals surface area (Å²) < 4.78 is 2.40. The van der Waals surface area contributed by atoms with Crippen molar-refractivity contribution in [2.24, 2.45) is 0 Å². The molecule has 0 radical (unpaired) electrons. The summed E-state index contributed by atoms with van der Waals surface area (Å²) in [5.74, 6) is 1.60. The molecule has 4 saturated heterocycles. The molecule has 3 aromatic rings. The van der Waals surface area contributed by atoms with Gasteiger partial charge in [0.15, 0.2) is 0 Å². The number of alkyl halides is 2. The number of benzene rings is 2. The van der Waals surface area contributed by atoms with Crippen LogP contribution in [0, 0.1) is 13.8 Å². The number of aliphatic hydroxyl groups excluding tert-OH is 1. The highest BCUT2D eigenvalue weighted by molar-refractivity contribution is 14.0. The number of aromatic nitrogens is 1. The largest absolute Gasteiger partial charge is 0.395 e. The van der Waals surface area contributed by atoms with Gasteiger partial charge in [0.05, 0.1) is 6.61 Å². The SMILES string of the molecule is CN1CCCC1CCl.CN1CCCC1CCl.CN1CCCC1CO.Cc1ccc2c(c1)C=CC2.Cc1ccc2c(ccn2CC2CCCN2C)c1.I.I.[HH]. The average Bonchev–Trinajstić information content (AvgIpc) is 3.99. The fraction of sp³-hybridized carbons (Fsp3) is 0.628. The smallest absolute Gasteiger partial charge is 0.0586 e. The first kappa shape index (κ1) is 48.7. The molecule has 4 unspecified atom stereocenters. The Morgan fingerprint density at radius 2 is 1.15 bits per heavy atom. The van der Waals surface area contributed by atoms with Crippen molar-refractivity contribution in [3.8, 4) is 0 Å². The van der Waals surface area contributed by atoms with Crippen molar-refractivity contribution in [1.82, 2.24) is 24.2 Å². The van der Waals surface area contributed by atoms with E-state index >= 15 is 0 Å². The van der Waals surface area contributed by atoms with Crippen LogP contribution in [0.15, 0.2) is 54.7 Å². The second kappa shape index (κ2) is 25.7. The zero-order valence-corrected chi connectivity index (χ0v) is 39.5. The van der Waals surface area contributed by atoms with E-state index in [9.17, 15) is 0 Å². The predicted molar refractivity (Wildman–Crippen MR) is 255 cm³/mol. The molecule has 0 amide bonds. The summed E-state index contributed by atoms with van der Waals surface area (Å²) in [7, 11) is 8.58. The van der Waals surface area contributed by atoms with Crippen LogP contribution in [-0.4, -0.2) is 126 Å². The summed E-state index contributed by atoms with van der Waals surface area (Å²) >= 11 is 11.3. The highest BCUT2D eigenvalue weighted by Gasteiger charge is 2.22. The molecule has 1 N–H and O–H groups in total. The molecule has 6 nitrogen and oxygen atoms in total. The van der Waals surface area contributed by atoms with Crippen LogP contribution in [0.1, 0.15) is 75.0 Å². The van der Waals surface area contributed by atoms with Gasteiger partial charge < -0.3 is 29.3 Å². The Bertz CT molecular complexity index is 1450. The molecule has 4 fully saturated rings. The van der Waals surface area contributed by atoms with Crippen molar-refractivity contribution in [3.05, 3.63) is 77.0 Å². The number of likely N-dealkylation sites (tertiary alicyclic amines) is 4. The number of hydrogen-bond acceptors (Lipinski definition) is 5. The van der Waals surface area contributed by atoms with E-state index in [-0.39, 0.29) is 49.4 Å². The monoisotopic (exact) mass is 997 g/mol. The van der Waals surface area contributed by atoms with Crippen LogP contribution in [0.2, 0.25) is 0 Å². The maximum atomic E-state index is 8.69. The van der Waals surface area contributed by atoms with Crippen molar-refractivity contribution in [3.63, 3.8) is 0 Å². The molecule has 53 heavy (non-hydrogen) atoms. The molecule has 1 aromatic heterocycles. The average molecular weight is 999 g/mol. The van der Waals surface area contributed by atoms with E-state index in [4.69, 9.17) is 28.3 Å². The maximum absolute atomic E-state index is 8.69. The quantitative estimate of drug-likeness (QED) is 0.204. The van der Waals surface area contributed by atoms with Crippen LogP contribution in [-0.2, 0) is 13.0 Å². The van der Waals surface area contributed by atoms with Gasteiger partial charge in [-0.1, -0.05) is 47.5 Å². The van der Waals surface area contributed by atoms with E-state index in [0.29, 0.717) is 30.8 Å². The topological polar surface area (TPSA) is 38.1 Å². The number of halogens is 4. The van der Waals surface area contributed by atoms with Gasteiger partial charge in [-0.05, 0) is 161 Å². The van der Waals surface area contributed by atoms with Crippen molar-refractivity contribution in [2.75, 3.05) is 72.7 Å². The van der Waals surface area contributed by atoms with E-state index in [0.717, 1.165) is 31.3 Å². The van der Waals surface area contributed by atoms with Gasteiger partial charge in [0.25, 0.3) is 0 Å². The lowest BCUT2D eigenvalue weighted by atomic mass is 10.1. The normalized spacial score (nSPS) is 23.7. The zero-order chi connectivity index (χ0) is 36.8. The third kappa shape index (κ3) is 15.4. The highest BCUT2D eigenvalue weighted by Crippen LogP contribution is 2.23. The molecule has 2 aromatic carbocycles.